The van der Waals surface area contributed by atoms with Gasteiger partial charge in [-0.15, -0.1) is 0 Å². The average Bonchev–Trinajstić information content (AvgIpc) is 2.61. The van der Waals surface area contributed by atoms with Crippen LogP contribution in [-0.2, 0) is 14.3 Å². The lowest BCUT2D eigenvalue weighted by Crippen LogP contribution is -2.33. The monoisotopic (exact) mass is 249 g/mol. The van der Waals surface area contributed by atoms with E-state index >= 15 is 0 Å². The second-order valence-corrected chi connectivity index (χ2v) is 3.66. The highest BCUT2D eigenvalue weighted by Gasteiger charge is 2.35. The molecule has 1 aliphatic rings. The van der Waals surface area contributed by atoms with E-state index in [9.17, 15) is 14.4 Å². The van der Waals surface area contributed by atoms with E-state index in [0.29, 0.717) is 11.1 Å². The van der Waals surface area contributed by atoms with Crippen LogP contribution in [0.25, 0.3) is 0 Å². The van der Waals surface area contributed by atoms with E-state index in [0.717, 1.165) is 4.90 Å². The summed E-state index contributed by atoms with van der Waals surface area (Å²) in [6.45, 7) is -0.613. The maximum Gasteiger partial charge on any atom is 0.333 e. The number of carbonyl (C=O) groups excluding carboxylic acids is 3. The summed E-state index contributed by atoms with van der Waals surface area (Å²) in [7, 11) is 1.35. The Morgan fingerprint density at radius 1 is 1.17 bits per heavy atom. The molecule has 1 aliphatic heterocycles. The molecule has 0 bridgehead atoms. The third-order valence-electron chi connectivity index (χ3n) is 2.50. The van der Waals surface area contributed by atoms with Crippen LogP contribution in [-0.4, -0.2) is 43.1 Å². The van der Waals surface area contributed by atoms with Crippen molar-refractivity contribution in [2.24, 2.45) is 0 Å². The number of nitrogens with zero attached hydrogens (tertiary/aromatic N) is 1. The minimum Gasteiger partial charge on any atom is -0.442 e. The van der Waals surface area contributed by atoms with Gasteiger partial charge in [0.05, 0.1) is 11.1 Å². The van der Waals surface area contributed by atoms with E-state index in [1.807, 2.05) is 0 Å². The van der Waals surface area contributed by atoms with E-state index in [1.54, 1.807) is 24.3 Å². The highest BCUT2D eigenvalue weighted by atomic mass is 16.6. The molecule has 2 amide bonds. The van der Waals surface area contributed by atoms with Crippen LogP contribution in [0.15, 0.2) is 24.3 Å². The highest BCUT2D eigenvalue weighted by Crippen LogP contribution is 2.21. The van der Waals surface area contributed by atoms with Crippen molar-refractivity contribution in [2.75, 3.05) is 20.4 Å². The number of rotatable bonds is 4. The molecule has 1 aromatic carbocycles. The van der Waals surface area contributed by atoms with Gasteiger partial charge >= 0.3 is 5.97 Å². The molecule has 2 rings (SSSR count). The van der Waals surface area contributed by atoms with Crippen molar-refractivity contribution in [3.05, 3.63) is 35.4 Å². The average molecular weight is 249 g/mol. The minimum absolute atomic E-state index is 0.219. The van der Waals surface area contributed by atoms with Crippen LogP contribution in [0.4, 0.5) is 0 Å². The number of amides is 2. The normalized spacial score (nSPS) is 13.7. The molecule has 6 heteroatoms. The number of methoxy groups -OCH3 is 1. The lowest BCUT2D eigenvalue weighted by Gasteiger charge is -2.13. The molecular formula is C12H11NO5. The van der Waals surface area contributed by atoms with Gasteiger partial charge in [-0.05, 0) is 12.1 Å². The first-order valence-electron chi connectivity index (χ1n) is 5.25. The predicted octanol–water partition coefficient (Wildman–Crippen LogP) is 0.430. The quantitative estimate of drug-likeness (QED) is 0.571. The number of imide groups is 1. The lowest BCUT2D eigenvalue weighted by molar-refractivity contribution is -0.150. The Kier molecular flexibility index (Phi) is 3.38. The molecule has 18 heavy (non-hydrogen) atoms. The van der Waals surface area contributed by atoms with E-state index < -0.39 is 24.5 Å². The summed E-state index contributed by atoms with van der Waals surface area (Å²) in [4.78, 5) is 35.7. The largest absolute Gasteiger partial charge is 0.442 e. The Morgan fingerprint density at radius 2 is 1.72 bits per heavy atom. The van der Waals surface area contributed by atoms with Crippen LogP contribution in [0.5, 0.6) is 0 Å². The summed E-state index contributed by atoms with van der Waals surface area (Å²) in [6.07, 6.45) is 0. The van der Waals surface area contributed by atoms with Crippen LogP contribution in [0, 0.1) is 0 Å². The van der Waals surface area contributed by atoms with Gasteiger partial charge in [0.2, 0.25) is 0 Å². The molecule has 0 spiro atoms. The molecule has 0 unspecified atom stereocenters. The van der Waals surface area contributed by atoms with E-state index in [4.69, 9.17) is 4.74 Å². The number of benzene rings is 1. The standard InChI is InChI=1S/C12H11NO5/c1-17-6-10(14)18-7-13-11(15)8-4-2-3-5-9(8)12(13)16/h2-5H,6-7H2,1H3. The molecule has 0 atom stereocenters. The summed E-state index contributed by atoms with van der Waals surface area (Å²) >= 11 is 0. The van der Waals surface area contributed by atoms with Gasteiger partial charge in [0.1, 0.15) is 6.61 Å². The lowest BCUT2D eigenvalue weighted by atomic mass is 10.1. The van der Waals surface area contributed by atoms with Crippen molar-refractivity contribution >= 4 is 17.8 Å². The second kappa shape index (κ2) is 4.97. The van der Waals surface area contributed by atoms with Crippen molar-refractivity contribution in [3.8, 4) is 0 Å². The van der Waals surface area contributed by atoms with E-state index in [-0.39, 0.29) is 6.61 Å². The number of hydrogen-bond donors (Lipinski definition) is 0. The number of hydrogen-bond acceptors (Lipinski definition) is 5. The molecule has 0 radical (unpaired) electrons. The predicted molar refractivity (Wildman–Crippen MR) is 59.8 cm³/mol. The minimum atomic E-state index is -0.631. The van der Waals surface area contributed by atoms with Crippen molar-refractivity contribution in [1.29, 1.82) is 0 Å². The maximum absolute atomic E-state index is 11.9. The molecule has 0 saturated carbocycles. The molecule has 0 fully saturated rings. The van der Waals surface area contributed by atoms with Crippen LogP contribution in [0.2, 0.25) is 0 Å². The molecule has 0 saturated heterocycles. The first-order chi connectivity index (χ1) is 8.65. The van der Waals surface area contributed by atoms with Crippen LogP contribution in [0.1, 0.15) is 20.7 Å². The Balaban J connectivity index is 2.07. The first kappa shape index (κ1) is 12.3. The van der Waals surface area contributed by atoms with Gasteiger partial charge in [-0.2, -0.15) is 0 Å². The highest BCUT2D eigenvalue weighted by molar-refractivity contribution is 6.21. The summed E-state index contributed by atoms with van der Waals surface area (Å²) in [5.41, 5.74) is 0.649. The molecule has 1 heterocycles. The molecule has 94 valence electrons. The van der Waals surface area contributed by atoms with Crippen molar-refractivity contribution in [1.82, 2.24) is 4.90 Å². The second-order valence-electron chi connectivity index (χ2n) is 3.66. The SMILES string of the molecule is COCC(=O)OCN1C(=O)c2ccccc2C1=O. The van der Waals surface area contributed by atoms with Crippen molar-refractivity contribution in [3.63, 3.8) is 0 Å². The first-order valence-corrected chi connectivity index (χ1v) is 5.25. The summed E-state index contributed by atoms with van der Waals surface area (Å²) < 4.78 is 9.33. The smallest absolute Gasteiger partial charge is 0.333 e. The number of ether oxygens (including phenoxy) is 2. The zero-order valence-electron chi connectivity index (χ0n) is 9.71. The topological polar surface area (TPSA) is 72.9 Å². The molecular weight excluding hydrogens is 238 g/mol. The third kappa shape index (κ3) is 2.10. The van der Waals surface area contributed by atoms with E-state index in [2.05, 4.69) is 4.74 Å². The van der Waals surface area contributed by atoms with Crippen LogP contribution >= 0.6 is 0 Å². The number of esters is 1. The fourth-order valence-electron chi connectivity index (χ4n) is 1.65. The summed E-state index contributed by atoms with van der Waals surface area (Å²) in [5, 5.41) is 0. The van der Waals surface area contributed by atoms with Gasteiger partial charge in [-0.1, -0.05) is 12.1 Å². The molecule has 0 aromatic heterocycles. The fourth-order valence-corrected chi connectivity index (χ4v) is 1.65. The van der Waals surface area contributed by atoms with Crippen LogP contribution in [0.3, 0.4) is 0 Å². The van der Waals surface area contributed by atoms with Crippen LogP contribution < -0.4 is 0 Å². The Morgan fingerprint density at radius 3 is 2.22 bits per heavy atom. The van der Waals surface area contributed by atoms with Crippen molar-refractivity contribution in [2.45, 2.75) is 0 Å². The fraction of sp³-hybridized carbons (Fsp3) is 0.250. The molecule has 0 aliphatic carbocycles. The van der Waals surface area contributed by atoms with Gasteiger partial charge < -0.3 is 9.47 Å². The van der Waals surface area contributed by atoms with Gasteiger partial charge in [0, 0.05) is 7.11 Å². The molecule has 1 aromatic rings. The van der Waals surface area contributed by atoms with Gasteiger partial charge in [0.25, 0.3) is 11.8 Å². The Labute approximate surface area is 103 Å². The number of fused-ring (bicyclic) bond motifs is 1. The summed E-state index contributed by atoms with van der Waals surface area (Å²) in [6, 6.07) is 6.47. The number of carbonyl (C=O) groups is 3. The maximum atomic E-state index is 11.9. The Hall–Kier alpha value is -2.21. The zero-order valence-corrected chi connectivity index (χ0v) is 9.71. The Bertz CT molecular complexity index is 476. The molecule has 0 N–H and O–H groups in total. The van der Waals surface area contributed by atoms with E-state index in [1.165, 1.54) is 7.11 Å². The van der Waals surface area contributed by atoms with Crippen molar-refractivity contribution < 1.29 is 23.9 Å². The zero-order chi connectivity index (χ0) is 13.1. The van der Waals surface area contributed by atoms with Gasteiger partial charge in [-0.3, -0.25) is 9.59 Å². The van der Waals surface area contributed by atoms with Gasteiger partial charge in [-0.25, -0.2) is 9.69 Å². The third-order valence-corrected chi connectivity index (χ3v) is 2.50. The summed E-state index contributed by atoms with van der Waals surface area (Å²) in [5.74, 6) is -1.55. The van der Waals surface area contributed by atoms with Gasteiger partial charge in [0.15, 0.2) is 6.73 Å². The molecule has 6 nitrogen and oxygen atoms in total.